The van der Waals surface area contributed by atoms with E-state index < -0.39 is 0 Å². The lowest BCUT2D eigenvalue weighted by Crippen LogP contribution is -2.34. The Labute approximate surface area is 118 Å². The first-order valence-electron chi connectivity index (χ1n) is 6.85. The second kappa shape index (κ2) is 6.41. The average molecular weight is 276 g/mol. The summed E-state index contributed by atoms with van der Waals surface area (Å²) < 4.78 is 5.12. The first-order chi connectivity index (χ1) is 9.63. The molecule has 1 aromatic rings. The molecule has 1 heterocycles. The van der Waals surface area contributed by atoms with Crippen LogP contribution in [-0.4, -0.2) is 25.5 Å². The van der Waals surface area contributed by atoms with Crippen LogP contribution in [-0.2, 0) is 9.59 Å². The van der Waals surface area contributed by atoms with Crippen molar-refractivity contribution < 1.29 is 14.3 Å². The van der Waals surface area contributed by atoms with E-state index in [2.05, 4.69) is 10.6 Å². The minimum absolute atomic E-state index is 0.0379. The highest BCUT2D eigenvalue weighted by atomic mass is 16.5. The molecule has 5 nitrogen and oxygen atoms in total. The molecule has 2 rings (SSSR count). The number of methoxy groups -OCH3 is 1. The predicted molar refractivity (Wildman–Crippen MR) is 75.3 cm³/mol. The fraction of sp³-hybridized carbons (Fsp3) is 0.467. The van der Waals surface area contributed by atoms with Gasteiger partial charge in [-0.25, -0.2) is 0 Å². The Morgan fingerprint density at radius 2 is 2.15 bits per heavy atom. The van der Waals surface area contributed by atoms with E-state index in [1.807, 2.05) is 31.2 Å². The monoisotopic (exact) mass is 276 g/mol. The van der Waals surface area contributed by atoms with E-state index in [0.29, 0.717) is 6.54 Å². The molecule has 0 bridgehead atoms. The summed E-state index contributed by atoms with van der Waals surface area (Å²) in [4.78, 5) is 23.3. The number of carbonyl (C=O) groups excluding carboxylic acids is 2. The second-order valence-electron chi connectivity index (χ2n) is 4.95. The SMILES string of the molecule is CCC(NC(=O)C1CNC(=O)C1)c1ccc(OC)cc1. The van der Waals surface area contributed by atoms with Gasteiger partial charge in [0.2, 0.25) is 11.8 Å². The summed E-state index contributed by atoms with van der Waals surface area (Å²) >= 11 is 0. The average Bonchev–Trinajstić information content (AvgIpc) is 2.91. The van der Waals surface area contributed by atoms with Crippen molar-refractivity contribution in [3.8, 4) is 5.75 Å². The van der Waals surface area contributed by atoms with E-state index in [9.17, 15) is 9.59 Å². The van der Waals surface area contributed by atoms with E-state index in [1.165, 1.54) is 0 Å². The normalized spacial score (nSPS) is 19.3. The van der Waals surface area contributed by atoms with Gasteiger partial charge in [0.15, 0.2) is 0 Å². The molecule has 1 aromatic carbocycles. The molecule has 1 saturated heterocycles. The highest BCUT2D eigenvalue weighted by Crippen LogP contribution is 2.21. The van der Waals surface area contributed by atoms with Crippen molar-refractivity contribution in [1.29, 1.82) is 0 Å². The lowest BCUT2D eigenvalue weighted by atomic mass is 10.0. The number of ether oxygens (including phenoxy) is 1. The van der Waals surface area contributed by atoms with Crippen LogP contribution in [0.15, 0.2) is 24.3 Å². The van der Waals surface area contributed by atoms with Crippen molar-refractivity contribution >= 4 is 11.8 Å². The molecule has 1 aliphatic heterocycles. The standard InChI is InChI=1S/C15H20N2O3/c1-3-13(10-4-6-12(20-2)7-5-10)17-15(19)11-8-14(18)16-9-11/h4-7,11,13H,3,8-9H2,1-2H3,(H,16,18)(H,17,19). The van der Waals surface area contributed by atoms with Gasteiger partial charge in [-0.2, -0.15) is 0 Å². The van der Waals surface area contributed by atoms with E-state index >= 15 is 0 Å². The molecule has 0 spiro atoms. The number of hydrogen-bond donors (Lipinski definition) is 2. The number of amides is 2. The van der Waals surface area contributed by atoms with Gasteiger partial charge in [-0.3, -0.25) is 9.59 Å². The number of carbonyl (C=O) groups is 2. The number of hydrogen-bond acceptors (Lipinski definition) is 3. The molecule has 0 aliphatic carbocycles. The molecule has 0 aromatic heterocycles. The summed E-state index contributed by atoms with van der Waals surface area (Å²) in [6, 6.07) is 7.62. The Morgan fingerprint density at radius 1 is 1.45 bits per heavy atom. The van der Waals surface area contributed by atoms with E-state index in [4.69, 9.17) is 4.74 Å². The van der Waals surface area contributed by atoms with Crippen LogP contribution in [0.1, 0.15) is 31.4 Å². The van der Waals surface area contributed by atoms with Crippen molar-refractivity contribution in [3.05, 3.63) is 29.8 Å². The molecule has 1 aliphatic rings. The first-order valence-corrected chi connectivity index (χ1v) is 6.85. The minimum atomic E-state index is -0.255. The van der Waals surface area contributed by atoms with E-state index in [-0.39, 0.29) is 30.2 Å². The third-order valence-electron chi connectivity index (χ3n) is 3.59. The smallest absolute Gasteiger partial charge is 0.225 e. The van der Waals surface area contributed by atoms with Gasteiger partial charge in [-0.1, -0.05) is 19.1 Å². The fourth-order valence-corrected chi connectivity index (χ4v) is 2.34. The number of nitrogens with one attached hydrogen (secondary N) is 2. The molecule has 5 heteroatoms. The minimum Gasteiger partial charge on any atom is -0.497 e. The molecule has 108 valence electrons. The van der Waals surface area contributed by atoms with Crippen LogP contribution in [0.5, 0.6) is 5.75 Å². The Bertz CT molecular complexity index is 484. The van der Waals surface area contributed by atoms with Crippen LogP contribution >= 0.6 is 0 Å². The van der Waals surface area contributed by atoms with E-state index in [0.717, 1.165) is 17.7 Å². The third kappa shape index (κ3) is 3.29. The fourth-order valence-electron chi connectivity index (χ4n) is 2.34. The summed E-state index contributed by atoms with van der Waals surface area (Å²) in [6.45, 7) is 2.46. The van der Waals surface area contributed by atoms with Crippen molar-refractivity contribution in [2.75, 3.05) is 13.7 Å². The maximum atomic E-state index is 12.1. The Kier molecular flexibility index (Phi) is 4.61. The zero-order valence-corrected chi connectivity index (χ0v) is 11.8. The van der Waals surface area contributed by atoms with Crippen molar-refractivity contribution in [2.24, 2.45) is 5.92 Å². The third-order valence-corrected chi connectivity index (χ3v) is 3.59. The van der Waals surface area contributed by atoms with Crippen molar-refractivity contribution in [1.82, 2.24) is 10.6 Å². The summed E-state index contributed by atoms with van der Waals surface area (Å²) in [7, 11) is 1.62. The summed E-state index contributed by atoms with van der Waals surface area (Å²) in [5, 5.41) is 5.69. The predicted octanol–water partition coefficient (Wildman–Crippen LogP) is 1.40. The van der Waals surface area contributed by atoms with E-state index in [1.54, 1.807) is 7.11 Å². The first kappa shape index (κ1) is 14.4. The molecule has 2 amide bonds. The molecular weight excluding hydrogens is 256 g/mol. The van der Waals surface area contributed by atoms with Gasteiger partial charge in [-0.15, -0.1) is 0 Å². The molecular formula is C15H20N2O3. The van der Waals surface area contributed by atoms with Crippen LogP contribution in [0.25, 0.3) is 0 Å². The van der Waals surface area contributed by atoms with Gasteiger partial charge in [0, 0.05) is 13.0 Å². The van der Waals surface area contributed by atoms with Gasteiger partial charge >= 0.3 is 0 Å². The van der Waals surface area contributed by atoms with Crippen LogP contribution in [0.2, 0.25) is 0 Å². The molecule has 2 N–H and O–H groups in total. The Balaban J connectivity index is 2.00. The van der Waals surface area contributed by atoms with Crippen molar-refractivity contribution in [2.45, 2.75) is 25.8 Å². The van der Waals surface area contributed by atoms with Crippen LogP contribution in [0.3, 0.4) is 0 Å². The van der Waals surface area contributed by atoms with Crippen LogP contribution < -0.4 is 15.4 Å². The summed E-state index contributed by atoms with van der Waals surface area (Å²) in [5.74, 6) is 0.420. The van der Waals surface area contributed by atoms with Gasteiger partial charge in [-0.05, 0) is 24.1 Å². The lowest BCUT2D eigenvalue weighted by Gasteiger charge is -2.19. The van der Waals surface area contributed by atoms with Crippen LogP contribution in [0.4, 0.5) is 0 Å². The number of benzene rings is 1. The summed E-state index contributed by atoms with van der Waals surface area (Å²) in [6.07, 6.45) is 1.08. The second-order valence-corrected chi connectivity index (χ2v) is 4.95. The maximum absolute atomic E-state index is 12.1. The van der Waals surface area contributed by atoms with Crippen LogP contribution in [0, 0.1) is 5.92 Å². The highest BCUT2D eigenvalue weighted by Gasteiger charge is 2.29. The zero-order valence-electron chi connectivity index (χ0n) is 11.8. The van der Waals surface area contributed by atoms with Gasteiger partial charge in [0.25, 0.3) is 0 Å². The van der Waals surface area contributed by atoms with Gasteiger partial charge in [0.1, 0.15) is 5.75 Å². The molecule has 0 radical (unpaired) electrons. The van der Waals surface area contributed by atoms with Crippen molar-refractivity contribution in [3.63, 3.8) is 0 Å². The molecule has 1 fully saturated rings. The highest BCUT2D eigenvalue weighted by molar-refractivity contribution is 5.89. The molecule has 20 heavy (non-hydrogen) atoms. The molecule has 0 saturated carbocycles. The topological polar surface area (TPSA) is 67.4 Å². The summed E-state index contributed by atoms with van der Waals surface area (Å²) in [5.41, 5.74) is 1.04. The molecule has 2 unspecified atom stereocenters. The number of rotatable bonds is 5. The van der Waals surface area contributed by atoms with Gasteiger partial charge in [0.05, 0.1) is 19.1 Å². The zero-order chi connectivity index (χ0) is 14.5. The lowest BCUT2D eigenvalue weighted by molar-refractivity contribution is -0.127. The Hall–Kier alpha value is -2.04. The molecule has 2 atom stereocenters. The quantitative estimate of drug-likeness (QED) is 0.854. The maximum Gasteiger partial charge on any atom is 0.225 e. The Morgan fingerprint density at radius 3 is 2.65 bits per heavy atom. The van der Waals surface area contributed by atoms with Gasteiger partial charge < -0.3 is 15.4 Å². The largest absolute Gasteiger partial charge is 0.497 e.